The maximum absolute atomic E-state index is 14.0. The van der Waals surface area contributed by atoms with Gasteiger partial charge in [-0.15, -0.1) is 0 Å². The van der Waals surface area contributed by atoms with Gasteiger partial charge in [-0.05, 0) is 25.1 Å². The largest absolute Gasteiger partial charge is 0.494 e. The van der Waals surface area contributed by atoms with Crippen LogP contribution in [-0.2, 0) is 4.74 Å². The van der Waals surface area contributed by atoms with Crippen LogP contribution in [0.25, 0.3) is 11.1 Å². The van der Waals surface area contributed by atoms with Gasteiger partial charge < -0.3 is 9.47 Å². The maximum Gasteiger partial charge on any atom is 0.339 e. The minimum absolute atomic E-state index is 0.276. The second-order valence-electron chi connectivity index (χ2n) is 4.03. The third-order valence-electron chi connectivity index (χ3n) is 2.72. The molecule has 2 rings (SSSR count). The number of methoxy groups -OCH3 is 1. The fourth-order valence-electron chi connectivity index (χ4n) is 1.80. The Kier molecular flexibility index (Phi) is 4.30. The molecule has 4 nitrogen and oxygen atoms in total. The number of hydrogen-bond donors (Lipinski definition) is 0. The fraction of sp³-hybridized carbons (Fsp3) is 0.200. The smallest absolute Gasteiger partial charge is 0.339 e. The van der Waals surface area contributed by atoms with Crippen LogP contribution in [0.4, 0.5) is 4.39 Å². The SMILES string of the molecule is CCOc1ccc(-c2cncc(C(=O)OC)c2)c(F)c1. The van der Waals surface area contributed by atoms with Crippen LogP contribution in [0, 0.1) is 5.82 Å². The number of carbonyl (C=O) groups is 1. The summed E-state index contributed by atoms with van der Waals surface area (Å²) in [5.74, 6) is -0.476. The lowest BCUT2D eigenvalue weighted by Gasteiger charge is -2.08. The molecule has 0 spiro atoms. The van der Waals surface area contributed by atoms with Crippen molar-refractivity contribution in [3.63, 3.8) is 0 Å². The zero-order chi connectivity index (χ0) is 14.5. The number of hydrogen-bond acceptors (Lipinski definition) is 4. The number of pyridine rings is 1. The molecule has 0 fully saturated rings. The van der Waals surface area contributed by atoms with E-state index in [9.17, 15) is 9.18 Å². The molecular formula is C15H14FNO3. The van der Waals surface area contributed by atoms with E-state index in [1.54, 1.807) is 12.1 Å². The quantitative estimate of drug-likeness (QED) is 0.805. The average Bonchev–Trinajstić information content (AvgIpc) is 2.47. The van der Waals surface area contributed by atoms with E-state index >= 15 is 0 Å². The number of carbonyl (C=O) groups excluding carboxylic acids is 1. The molecule has 1 aromatic carbocycles. The van der Waals surface area contributed by atoms with E-state index in [2.05, 4.69) is 9.72 Å². The van der Waals surface area contributed by atoms with Crippen molar-refractivity contribution in [3.8, 4) is 16.9 Å². The minimum atomic E-state index is -0.509. The molecular weight excluding hydrogens is 261 g/mol. The highest BCUT2D eigenvalue weighted by Crippen LogP contribution is 2.26. The third-order valence-corrected chi connectivity index (χ3v) is 2.72. The Hall–Kier alpha value is -2.43. The van der Waals surface area contributed by atoms with Crippen LogP contribution in [0.2, 0.25) is 0 Å². The van der Waals surface area contributed by atoms with Crippen molar-refractivity contribution in [1.29, 1.82) is 0 Å². The molecule has 0 atom stereocenters. The molecule has 0 N–H and O–H groups in total. The maximum atomic E-state index is 14.0. The average molecular weight is 275 g/mol. The van der Waals surface area contributed by atoms with Crippen molar-refractivity contribution >= 4 is 5.97 Å². The van der Waals surface area contributed by atoms with Gasteiger partial charge in [0.1, 0.15) is 11.6 Å². The van der Waals surface area contributed by atoms with Crippen molar-refractivity contribution in [2.75, 3.05) is 13.7 Å². The predicted octanol–water partition coefficient (Wildman–Crippen LogP) is 3.07. The van der Waals surface area contributed by atoms with Crippen LogP contribution < -0.4 is 4.74 Å². The summed E-state index contributed by atoms with van der Waals surface area (Å²) in [7, 11) is 1.28. The number of benzene rings is 1. The number of aromatic nitrogens is 1. The molecule has 0 amide bonds. The molecule has 0 aliphatic carbocycles. The van der Waals surface area contributed by atoms with Gasteiger partial charge in [0.15, 0.2) is 0 Å². The topological polar surface area (TPSA) is 48.4 Å². The zero-order valence-corrected chi connectivity index (χ0v) is 11.2. The van der Waals surface area contributed by atoms with Crippen molar-refractivity contribution < 1.29 is 18.7 Å². The van der Waals surface area contributed by atoms with Crippen molar-refractivity contribution in [3.05, 3.63) is 48.0 Å². The van der Waals surface area contributed by atoms with Crippen molar-refractivity contribution in [2.45, 2.75) is 6.92 Å². The number of halogens is 1. The summed E-state index contributed by atoms with van der Waals surface area (Å²) in [6.07, 6.45) is 2.87. The van der Waals surface area contributed by atoms with Crippen LogP contribution in [-0.4, -0.2) is 24.7 Å². The van der Waals surface area contributed by atoms with E-state index in [0.29, 0.717) is 23.5 Å². The molecule has 0 unspecified atom stereocenters. The normalized spacial score (nSPS) is 10.2. The Bertz CT molecular complexity index is 628. The summed E-state index contributed by atoms with van der Waals surface area (Å²) < 4.78 is 23.9. The van der Waals surface area contributed by atoms with Gasteiger partial charge in [-0.25, -0.2) is 9.18 Å². The highest BCUT2D eigenvalue weighted by Gasteiger charge is 2.11. The van der Waals surface area contributed by atoms with Gasteiger partial charge >= 0.3 is 5.97 Å². The van der Waals surface area contributed by atoms with E-state index in [0.717, 1.165) is 0 Å². The Morgan fingerprint density at radius 2 is 2.10 bits per heavy atom. The van der Waals surface area contributed by atoms with Gasteiger partial charge in [-0.1, -0.05) is 0 Å². The van der Waals surface area contributed by atoms with Crippen LogP contribution in [0.3, 0.4) is 0 Å². The predicted molar refractivity (Wildman–Crippen MR) is 72.1 cm³/mol. The fourth-order valence-corrected chi connectivity index (χ4v) is 1.80. The van der Waals surface area contributed by atoms with E-state index in [-0.39, 0.29) is 5.56 Å². The van der Waals surface area contributed by atoms with Crippen LogP contribution in [0.1, 0.15) is 17.3 Å². The zero-order valence-electron chi connectivity index (χ0n) is 11.2. The third kappa shape index (κ3) is 2.93. The van der Waals surface area contributed by atoms with Crippen molar-refractivity contribution in [2.24, 2.45) is 0 Å². The number of nitrogens with zero attached hydrogens (tertiary/aromatic N) is 1. The molecule has 0 radical (unpaired) electrons. The first-order valence-corrected chi connectivity index (χ1v) is 6.11. The van der Waals surface area contributed by atoms with Gasteiger partial charge in [-0.2, -0.15) is 0 Å². The number of rotatable bonds is 4. The first kappa shape index (κ1) is 14.0. The summed E-state index contributed by atoms with van der Waals surface area (Å²) in [5, 5.41) is 0. The Labute approximate surface area is 116 Å². The molecule has 1 aromatic heterocycles. The van der Waals surface area contributed by atoms with Crippen LogP contribution in [0.15, 0.2) is 36.7 Å². The Morgan fingerprint density at radius 3 is 2.75 bits per heavy atom. The summed E-state index contributed by atoms with van der Waals surface area (Å²) >= 11 is 0. The van der Waals surface area contributed by atoms with Gasteiger partial charge in [-0.3, -0.25) is 4.98 Å². The summed E-state index contributed by atoms with van der Waals surface area (Å²) in [6.45, 7) is 2.30. The molecule has 0 aliphatic heterocycles. The van der Waals surface area contributed by atoms with E-state index in [1.165, 1.54) is 31.6 Å². The highest BCUT2D eigenvalue weighted by molar-refractivity contribution is 5.90. The standard InChI is InChI=1S/C15H14FNO3/c1-3-20-12-4-5-13(14(16)7-12)10-6-11(9-17-8-10)15(18)19-2/h4-9H,3H2,1-2H3. The summed E-state index contributed by atoms with van der Waals surface area (Å²) in [5.41, 5.74) is 1.14. The lowest BCUT2D eigenvalue weighted by molar-refractivity contribution is 0.0600. The molecule has 0 saturated carbocycles. The molecule has 0 bridgehead atoms. The number of ether oxygens (including phenoxy) is 2. The minimum Gasteiger partial charge on any atom is -0.494 e. The Balaban J connectivity index is 2.38. The number of esters is 1. The van der Waals surface area contributed by atoms with E-state index < -0.39 is 11.8 Å². The van der Waals surface area contributed by atoms with Crippen LogP contribution in [0.5, 0.6) is 5.75 Å². The monoisotopic (exact) mass is 275 g/mol. The lowest BCUT2D eigenvalue weighted by Crippen LogP contribution is -2.02. The molecule has 0 aliphatic rings. The van der Waals surface area contributed by atoms with E-state index in [4.69, 9.17) is 4.74 Å². The van der Waals surface area contributed by atoms with Gasteiger partial charge in [0.2, 0.25) is 0 Å². The van der Waals surface area contributed by atoms with E-state index in [1.807, 2.05) is 6.92 Å². The second-order valence-corrected chi connectivity index (χ2v) is 4.03. The van der Waals surface area contributed by atoms with Gasteiger partial charge in [0.25, 0.3) is 0 Å². The first-order valence-electron chi connectivity index (χ1n) is 6.11. The van der Waals surface area contributed by atoms with Crippen molar-refractivity contribution in [1.82, 2.24) is 4.98 Å². The highest BCUT2D eigenvalue weighted by atomic mass is 19.1. The summed E-state index contributed by atoms with van der Waals surface area (Å²) in [6, 6.07) is 6.12. The molecule has 2 aromatic rings. The van der Waals surface area contributed by atoms with Gasteiger partial charge in [0, 0.05) is 29.6 Å². The summed E-state index contributed by atoms with van der Waals surface area (Å²) in [4.78, 5) is 15.4. The molecule has 5 heteroatoms. The molecule has 0 saturated heterocycles. The molecule has 104 valence electrons. The second kappa shape index (κ2) is 6.14. The molecule has 20 heavy (non-hydrogen) atoms. The Morgan fingerprint density at radius 1 is 1.30 bits per heavy atom. The lowest BCUT2D eigenvalue weighted by atomic mass is 10.1. The van der Waals surface area contributed by atoms with Crippen LogP contribution >= 0.6 is 0 Å². The van der Waals surface area contributed by atoms with Gasteiger partial charge in [0.05, 0.1) is 19.3 Å². The molecule has 1 heterocycles. The first-order chi connectivity index (χ1) is 9.65.